The van der Waals surface area contributed by atoms with Gasteiger partial charge in [-0.3, -0.25) is 4.79 Å². The van der Waals surface area contributed by atoms with E-state index < -0.39 is 0 Å². The Balaban J connectivity index is 2.41. The number of carbonyl (C=O) groups is 1. The van der Waals surface area contributed by atoms with Crippen molar-refractivity contribution < 1.29 is 4.79 Å². The predicted molar refractivity (Wildman–Crippen MR) is 89.8 cm³/mol. The number of rotatable bonds is 8. The lowest BCUT2D eigenvalue weighted by atomic mass is 10.1. The Morgan fingerprint density at radius 2 is 2.05 bits per heavy atom. The second-order valence-corrected chi connectivity index (χ2v) is 5.69. The molecule has 0 bridgehead atoms. The summed E-state index contributed by atoms with van der Waals surface area (Å²) in [6, 6.07) is 5.10. The van der Waals surface area contributed by atoms with Crippen molar-refractivity contribution in [2.45, 2.75) is 39.7 Å². The normalized spacial score (nSPS) is 12.4. The van der Waals surface area contributed by atoms with Crippen LogP contribution in [0.1, 0.15) is 44.0 Å². The van der Waals surface area contributed by atoms with Crippen molar-refractivity contribution in [2.75, 3.05) is 25.4 Å². The third-order valence-corrected chi connectivity index (χ3v) is 3.99. The van der Waals surface area contributed by atoms with E-state index in [1.807, 2.05) is 6.92 Å². The quantitative estimate of drug-likeness (QED) is 0.725. The maximum absolute atomic E-state index is 12.1. The number of amides is 1. The molecule has 3 N–H and O–H groups in total. The van der Waals surface area contributed by atoms with Gasteiger partial charge in [0.05, 0.1) is 10.7 Å². The predicted octanol–water partition coefficient (Wildman–Crippen LogP) is 3.16. The fourth-order valence-corrected chi connectivity index (χ4v) is 2.34. The summed E-state index contributed by atoms with van der Waals surface area (Å²) in [5.41, 5.74) is 6.69. The van der Waals surface area contributed by atoms with Crippen LogP contribution in [0, 0.1) is 0 Å². The maximum Gasteiger partial charge on any atom is 0.251 e. The van der Waals surface area contributed by atoms with E-state index in [9.17, 15) is 4.79 Å². The van der Waals surface area contributed by atoms with Crippen LogP contribution in [0.15, 0.2) is 18.2 Å². The van der Waals surface area contributed by atoms with Crippen LogP contribution in [-0.4, -0.2) is 36.5 Å². The minimum Gasteiger partial charge on any atom is -0.398 e. The summed E-state index contributed by atoms with van der Waals surface area (Å²) in [6.45, 7) is 9.57. The molecule has 21 heavy (non-hydrogen) atoms. The van der Waals surface area contributed by atoms with E-state index in [2.05, 4.69) is 24.1 Å². The Morgan fingerprint density at radius 3 is 2.62 bits per heavy atom. The van der Waals surface area contributed by atoms with Gasteiger partial charge in [0, 0.05) is 11.6 Å². The zero-order valence-corrected chi connectivity index (χ0v) is 13.9. The largest absolute Gasteiger partial charge is 0.398 e. The lowest BCUT2D eigenvalue weighted by Crippen LogP contribution is -2.33. The van der Waals surface area contributed by atoms with Gasteiger partial charge in [0.2, 0.25) is 0 Å². The number of hydrogen-bond donors (Lipinski definition) is 2. The molecule has 1 aromatic rings. The van der Waals surface area contributed by atoms with Crippen LogP contribution in [0.3, 0.4) is 0 Å². The molecule has 1 unspecified atom stereocenters. The van der Waals surface area contributed by atoms with E-state index in [-0.39, 0.29) is 11.9 Å². The van der Waals surface area contributed by atoms with Crippen molar-refractivity contribution >= 4 is 23.2 Å². The Kier molecular flexibility index (Phi) is 7.54. The lowest BCUT2D eigenvalue weighted by molar-refractivity contribution is 0.0937. The molecule has 0 saturated heterocycles. The van der Waals surface area contributed by atoms with Gasteiger partial charge in [-0.25, -0.2) is 0 Å². The monoisotopic (exact) mass is 311 g/mol. The first-order valence-corrected chi connectivity index (χ1v) is 7.93. The summed E-state index contributed by atoms with van der Waals surface area (Å²) >= 11 is 5.86. The van der Waals surface area contributed by atoms with Crippen LogP contribution < -0.4 is 11.1 Å². The molecule has 0 aliphatic heterocycles. The maximum atomic E-state index is 12.1. The number of hydrogen-bond acceptors (Lipinski definition) is 3. The number of carbonyl (C=O) groups excluding carboxylic acids is 1. The summed E-state index contributed by atoms with van der Waals surface area (Å²) in [5.74, 6) is -0.103. The summed E-state index contributed by atoms with van der Waals surface area (Å²) in [5, 5.41) is 3.47. The topological polar surface area (TPSA) is 58.4 Å². The van der Waals surface area contributed by atoms with Gasteiger partial charge in [-0.1, -0.05) is 25.4 Å². The van der Waals surface area contributed by atoms with Gasteiger partial charge in [0.25, 0.3) is 5.91 Å². The van der Waals surface area contributed by atoms with Crippen molar-refractivity contribution in [3.8, 4) is 0 Å². The number of anilines is 1. The molecule has 0 aromatic heterocycles. The molecule has 4 nitrogen and oxygen atoms in total. The fraction of sp³-hybridized carbons (Fsp3) is 0.562. The fourth-order valence-electron chi connectivity index (χ4n) is 2.23. The van der Waals surface area contributed by atoms with Gasteiger partial charge >= 0.3 is 0 Å². The molecule has 1 aromatic carbocycles. The molecule has 118 valence electrons. The molecule has 0 radical (unpaired) electrons. The summed E-state index contributed by atoms with van der Waals surface area (Å²) in [6.07, 6.45) is 2.04. The highest BCUT2D eigenvalue weighted by molar-refractivity contribution is 6.33. The van der Waals surface area contributed by atoms with Gasteiger partial charge in [-0.15, -0.1) is 0 Å². The third kappa shape index (κ3) is 5.94. The zero-order chi connectivity index (χ0) is 15.8. The van der Waals surface area contributed by atoms with Gasteiger partial charge in [-0.2, -0.15) is 0 Å². The summed E-state index contributed by atoms with van der Waals surface area (Å²) in [7, 11) is 0. The Morgan fingerprint density at radius 1 is 1.38 bits per heavy atom. The number of halogens is 1. The number of benzene rings is 1. The number of nitrogens with two attached hydrogens (primary N) is 1. The van der Waals surface area contributed by atoms with Gasteiger partial charge in [-0.05, 0) is 57.6 Å². The molecule has 0 heterocycles. The second kappa shape index (κ2) is 8.90. The molecule has 1 rings (SSSR count). The molecule has 0 fully saturated rings. The van der Waals surface area contributed by atoms with Crippen LogP contribution in [0.4, 0.5) is 5.69 Å². The molecule has 1 atom stereocenters. The van der Waals surface area contributed by atoms with E-state index in [0.717, 1.165) is 32.5 Å². The highest BCUT2D eigenvalue weighted by Crippen LogP contribution is 2.19. The van der Waals surface area contributed by atoms with E-state index in [0.29, 0.717) is 16.3 Å². The smallest absolute Gasteiger partial charge is 0.251 e. The lowest BCUT2D eigenvalue weighted by Gasteiger charge is -2.19. The van der Waals surface area contributed by atoms with E-state index in [4.69, 9.17) is 17.3 Å². The van der Waals surface area contributed by atoms with Crippen LogP contribution in [-0.2, 0) is 0 Å². The van der Waals surface area contributed by atoms with E-state index >= 15 is 0 Å². The third-order valence-electron chi connectivity index (χ3n) is 3.64. The Labute approximate surface area is 132 Å². The van der Waals surface area contributed by atoms with E-state index in [1.165, 1.54) is 0 Å². The number of nitrogens with one attached hydrogen (secondary N) is 1. The average molecular weight is 312 g/mol. The first-order valence-electron chi connectivity index (χ1n) is 7.56. The molecular formula is C16H26ClN3O. The second-order valence-electron chi connectivity index (χ2n) is 5.28. The van der Waals surface area contributed by atoms with Crippen molar-refractivity contribution in [3.63, 3.8) is 0 Å². The number of nitrogen functional groups attached to an aromatic ring is 1. The standard InChI is InChI=1S/C16H26ClN3O/c1-4-20(5-2)10-6-7-12(3)19-16(21)13-8-9-14(17)15(18)11-13/h8-9,11-12H,4-7,10,18H2,1-3H3,(H,19,21). The van der Waals surface area contributed by atoms with Crippen LogP contribution in [0.25, 0.3) is 0 Å². The van der Waals surface area contributed by atoms with Gasteiger partial charge in [0.15, 0.2) is 0 Å². The molecule has 0 aliphatic carbocycles. The van der Waals surface area contributed by atoms with E-state index in [1.54, 1.807) is 18.2 Å². The molecule has 1 amide bonds. The van der Waals surface area contributed by atoms with Crippen LogP contribution in [0.2, 0.25) is 5.02 Å². The Bertz CT molecular complexity index is 461. The Hall–Kier alpha value is -1.26. The molecule has 0 saturated carbocycles. The minimum absolute atomic E-state index is 0.103. The molecule has 0 spiro atoms. The van der Waals surface area contributed by atoms with Crippen molar-refractivity contribution in [2.24, 2.45) is 0 Å². The minimum atomic E-state index is -0.103. The highest BCUT2D eigenvalue weighted by Gasteiger charge is 2.11. The molecule has 5 heteroatoms. The first kappa shape index (κ1) is 17.8. The summed E-state index contributed by atoms with van der Waals surface area (Å²) < 4.78 is 0. The zero-order valence-electron chi connectivity index (χ0n) is 13.2. The van der Waals surface area contributed by atoms with Crippen molar-refractivity contribution in [1.82, 2.24) is 10.2 Å². The average Bonchev–Trinajstić information content (AvgIpc) is 2.46. The van der Waals surface area contributed by atoms with Crippen LogP contribution in [0.5, 0.6) is 0 Å². The summed E-state index contributed by atoms with van der Waals surface area (Å²) in [4.78, 5) is 14.5. The first-order chi connectivity index (χ1) is 9.97. The van der Waals surface area contributed by atoms with Gasteiger partial charge in [0.1, 0.15) is 0 Å². The van der Waals surface area contributed by atoms with Gasteiger partial charge < -0.3 is 16.0 Å². The van der Waals surface area contributed by atoms with Crippen LogP contribution >= 0.6 is 11.6 Å². The van der Waals surface area contributed by atoms with Crippen molar-refractivity contribution in [1.29, 1.82) is 0 Å². The number of nitrogens with zero attached hydrogens (tertiary/aromatic N) is 1. The molecular weight excluding hydrogens is 286 g/mol. The highest BCUT2D eigenvalue weighted by atomic mass is 35.5. The van der Waals surface area contributed by atoms with Crippen molar-refractivity contribution in [3.05, 3.63) is 28.8 Å². The SMILES string of the molecule is CCN(CC)CCCC(C)NC(=O)c1ccc(Cl)c(N)c1. The molecule has 0 aliphatic rings.